The molecule has 86 valence electrons. The SMILES string of the molecule is COc1ccc(CN2CCOC2=O)cc1Br. The zero-order valence-corrected chi connectivity index (χ0v) is 10.5. The maximum atomic E-state index is 11.3. The highest BCUT2D eigenvalue weighted by molar-refractivity contribution is 9.10. The number of rotatable bonds is 3. The topological polar surface area (TPSA) is 38.8 Å². The molecule has 1 aliphatic rings. The van der Waals surface area contributed by atoms with Crippen molar-refractivity contribution >= 4 is 22.0 Å². The van der Waals surface area contributed by atoms with E-state index in [2.05, 4.69) is 15.9 Å². The Bertz CT molecular complexity index is 408. The lowest BCUT2D eigenvalue weighted by Crippen LogP contribution is -2.23. The third-order valence-corrected chi connectivity index (χ3v) is 3.05. The second-order valence-corrected chi connectivity index (χ2v) is 4.36. The second-order valence-electron chi connectivity index (χ2n) is 3.50. The van der Waals surface area contributed by atoms with Crippen LogP contribution in [0.3, 0.4) is 0 Å². The van der Waals surface area contributed by atoms with Crippen molar-refractivity contribution < 1.29 is 14.3 Å². The van der Waals surface area contributed by atoms with E-state index in [4.69, 9.17) is 9.47 Å². The van der Waals surface area contributed by atoms with Crippen LogP contribution in [-0.2, 0) is 11.3 Å². The van der Waals surface area contributed by atoms with Crippen LogP contribution in [0, 0.1) is 0 Å². The molecule has 0 bridgehead atoms. The van der Waals surface area contributed by atoms with E-state index >= 15 is 0 Å². The quantitative estimate of drug-likeness (QED) is 0.856. The number of hydrogen-bond acceptors (Lipinski definition) is 3. The van der Waals surface area contributed by atoms with E-state index in [0.29, 0.717) is 19.7 Å². The molecule has 0 aromatic heterocycles. The first-order valence-corrected chi connectivity index (χ1v) is 5.74. The van der Waals surface area contributed by atoms with Crippen LogP contribution in [-0.4, -0.2) is 31.3 Å². The van der Waals surface area contributed by atoms with Gasteiger partial charge in [-0.3, -0.25) is 0 Å². The Balaban J connectivity index is 2.10. The van der Waals surface area contributed by atoms with Gasteiger partial charge in [-0.05, 0) is 33.6 Å². The van der Waals surface area contributed by atoms with Crippen molar-refractivity contribution in [1.29, 1.82) is 0 Å². The van der Waals surface area contributed by atoms with Crippen LogP contribution >= 0.6 is 15.9 Å². The van der Waals surface area contributed by atoms with Crippen molar-refractivity contribution in [3.05, 3.63) is 28.2 Å². The Hall–Kier alpha value is -1.23. The fourth-order valence-electron chi connectivity index (χ4n) is 1.60. The molecule has 0 unspecified atom stereocenters. The van der Waals surface area contributed by atoms with Gasteiger partial charge in [-0.2, -0.15) is 0 Å². The van der Waals surface area contributed by atoms with Gasteiger partial charge in [-0.1, -0.05) is 6.07 Å². The number of cyclic esters (lactones) is 1. The number of hydrogen-bond donors (Lipinski definition) is 0. The lowest BCUT2D eigenvalue weighted by molar-refractivity contribution is 0.157. The Kier molecular flexibility index (Phi) is 3.33. The van der Waals surface area contributed by atoms with E-state index in [-0.39, 0.29) is 6.09 Å². The molecular formula is C11H12BrNO3. The lowest BCUT2D eigenvalue weighted by Gasteiger charge is -2.13. The van der Waals surface area contributed by atoms with Gasteiger partial charge in [-0.15, -0.1) is 0 Å². The summed E-state index contributed by atoms with van der Waals surface area (Å²) in [7, 11) is 1.62. The molecule has 16 heavy (non-hydrogen) atoms. The number of nitrogens with zero attached hydrogens (tertiary/aromatic N) is 1. The molecule has 1 amide bonds. The molecule has 1 heterocycles. The van der Waals surface area contributed by atoms with Crippen LogP contribution in [0.2, 0.25) is 0 Å². The van der Waals surface area contributed by atoms with Crippen LogP contribution in [0.25, 0.3) is 0 Å². The first kappa shape index (κ1) is 11.3. The Morgan fingerprint density at radius 3 is 2.94 bits per heavy atom. The molecular weight excluding hydrogens is 274 g/mol. The second kappa shape index (κ2) is 4.74. The lowest BCUT2D eigenvalue weighted by atomic mass is 10.2. The minimum absolute atomic E-state index is 0.244. The maximum Gasteiger partial charge on any atom is 0.410 e. The number of halogens is 1. The van der Waals surface area contributed by atoms with Crippen molar-refractivity contribution in [2.75, 3.05) is 20.3 Å². The highest BCUT2D eigenvalue weighted by Crippen LogP contribution is 2.26. The summed E-state index contributed by atoms with van der Waals surface area (Å²) in [5.74, 6) is 0.785. The van der Waals surface area contributed by atoms with E-state index < -0.39 is 0 Å². The van der Waals surface area contributed by atoms with E-state index in [0.717, 1.165) is 15.8 Å². The van der Waals surface area contributed by atoms with Gasteiger partial charge in [0, 0.05) is 6.54 Å². The smallest absolute Gasteiger partial charge is 0.410 e. The standard InChI is InChI=1S/C11H12BrNO3/c1-15-10-3-2-8(6-9(10)12)7-13-4-5-16-11(13)14/h2-3,6H,4-5,7H2,1H3. The molecule has 2 rings (SSSR count). The molecule has 1 saturated heterocycles. The fourth-order valence-corrected chi connectivity index (χ4v) is 2.19. The van der Waals surface area contributed by atoms with Crippen LogP contribution in [0.1, 0.15) is 5.56 Å². The number of benzene rings is 1. The third kappa shape index (κ3) is 2.29. The van der Waals surface area contributed by atoms with Crippen molar-refractivity contribution in [1.82, 2.24) is 4.90 Å². The van der Waals surface area contributed by atoms with Crippen LogP contribution in [0.4, 0.5) is 4.79 Å². The van der Waals surface area contributed by atoms with Crippen molar-refractivity contribution in [3.8, 4) is 5.75 Å². The molecule has 0 aliphatic carbocycles. The normalized spacial score (nSPS) is 15.1. The van der Waals surface area contributed by atoms with Crippen molar-refractivity contribution in [3.63, 3.8) is 0 Å². The average molecular weight is 286 g/mol. The maximum absolute atomic E-state index is 11.3. The van der Waals surface area contributed by atoms with Crippen LogP contribution < -0.4 is 4.74 Å². The summed E-state index contributed by atoms with van der Waals surface area (Å²) in [5.41, 5.74) is 1.05. The molecule has 5 heteroatoms. The van der Waals surface area contributed by atoms with E-state index in [1.54, 1.807) is 12.0 Å². The summed E-state index contributed by atoms with van der Waals surface area (Å²) in [5, 5.41) is 0. The molecule has 0 atom stereocenters. The number of ether oxygens (including phenoxy) is 2. The fraction of sp³-hybridized carbons (Fsp3) is 0.364. The number of carbonyl (C=O) groups excluding carboxylic acids is 1. The van der Waals surface area contributed by atoms with Gasteiger partial charge in [0.1, 0.15) is 12.4 Å². The van der Waals surface area contributed by atoms with Crippen LogP contribution in [0.15, 0.2) is 22.7 Å². The molecule has 0 N–H and O–H groups in total. The van der Waals surface area contributed by atoms with E-state index in [1.807, 2.05) is 18.2 Å². The monoisotopic (exact) mass is 285 g/mol. The van der Waals surface area contributed by atoms with Gasteiger partial charge in [0.05, 0.1) is 18.1 Å². The van der Waals surface area contributed by atoms with E-state index in [1.165, 1.54) is 0 Å². The zero-order chi connectivity index (χ0) is 11.5. The van der Waals surface area contributed by atoms with Crippen molar-refractivity contribution in [2.45, 2.75) is 6.54 Å². The van der Waals surface area contributed by atoms with Crippen molar-refractivity contribution in [2.24, 2.45) is 0 Å². The summed E-state index contributed by atoms with van der Waals surface area (Å²) < 4.78 is 10.9. The van der Waals surface area contributed by atoms with Gasteiger partial charge in [0.25, 0.3) is 0 Å². The summed E-state index contributed by atoms with van der Waals surface area (Å²) in [6, 6.07) is 5.76. The summed E-state index contributed by atoms with van der Waals surface area (Å²) >= 11 is 3.41. The average Bonchev–Trinajstić information content (AvgIpc) is 2.65. The minimum Gasteiger partial charge on any atom is -0.496 e. The summed E-state index contributed by atoms with van der Waals surface area (Å²) in [4.78, 5) is 12.9. The molecule has 1 fully saturated rings. The van der Waals surface area contributed by atoms with Gasteiger partial charge in [-0.25, -0.2) is 4.79 Å². The summed E-state index contributed by atoms with van der Waals surface area (Å²) in [6.45, 7) is 1.71. The van der Waals surface area contributed by atoms with Gasteiger partial charge in [0.15, 0.2) is 0 Å². The Morgan fingerprint density at radius 1 is 1.56 bits per heavy atom. The molecule has 0 spiro atoms. The molecule has 1 aromatic rings. The molecule has 4 nitrogen and oxygen atoms in total. The molecule has 0 radical (unpaired) electrons. The highest BCUT2D eigenvalue weighted by Gasteiger charge is 2.21. The van der Waals surface area contributed by atoms with Gasteiger partial charge < -0.3 is 14.4 Å². The number of amides is 1. The summed E-state index contributed by atoms with van der Waals surface area (Å²) in [6.07, 6.45) is -0.244. The van der Waals surface area contributed by atoms with Gasteiger partial charge in [0.2, 0.25) is 0 Å². The zero-order valence-electron chi connectivity index (χ0n) is 8.90. The molecule has 1 aromatic carbocycles. The predicted octanol–water partition coefficient (Wildman–Crippen LogP) is 2.41. The minimum atomic E-state index is -0.244. The third-order valence-electron chi connectivity index (χ3n) is 2.43. The number of methoxy groups -OCH3 is 1. The highest BCUT2D eigenvalue weighted by atomic mass is 79.9. The van der Waals surface area contributed by atoms with Crippen LogP contribution in [0.5, 0.6) is 5.75 Å². The Labute approximate surface area is 102 Å². The Morgan fingerprint density at radius 2 is 2.38 bits per heavy atom. The molecule has 0 saturated carbocycles. The van der Waals surface area contributed by atoms with Gasteiger partial charge >= 0.3 is 6.09 Å². The molecule has 1 aliphatic heterocycles. The first-order chi connectivity index (χ1) is 7.70. The first-order valence-electron chi connectivity index (χ1n) is 4.95. The predicted molar refractivity (Wildman–Crippen MR) is 62.5 cm³/mol. The number of carbonyl (C=O) groups is 1. The largest absolute Gasteiger partial charge is 0.496 e. The van der Waals surface area contributed by atoms with E-state index in [9.17, 15) is 4.79 Å².